The van der Waals surface area contributed by atoms with Crippen LogP contribution in [0.3, 0.4) is 0 Å². The zero-order chi connectivity index (χ0) is 10.6. The Morgan fingerprint density at radius 2 is 2.00 bits per heavy atom. The highest BCUT2D eigenvalue weighted by Gasteiger charge is 2.05. The lowest BCUT2D eigenvalue weighted by Crippen LogP contribution is -2.14. The summed E-state index contributed by atoms with van der Waals surface area (Å²) in [6, 6.07) is 7.95. The van der Waals surface area contributed by atoms with E-state index in [9.17, 15) is 0 Å². The number of methoxy groups -OCH3 is 1. The van der Waals surface area contributed by atoms with Crippen molar-refractivity contribution in [3.63, 3.8) is 0 Å². The van der Waals surface area contributed by atoms with Gasteiger partial charge in [-0.3, -0.25) is 0 Å². The van der Waals surface area contributed by atoms with E-state index in [1.54, 1.807) is 7.11 Å². The van der Waals surface area contributed by atoms with E-state index in [0.717, 1.165) is 23.4 Å². The minimum Gasteiger partial charge on any atom is -0.496 e. The number of rotatable bonds is 4. The molecule has 14 heavy (non-hydrogen) atoms. The molecule has 0 radical (unpaired) electrons. The number of benzene rings is 1. The van der Waals surface area contributed by atoms with Gasteiger partial charge in [0.25, 0.3) is 0 Å². The summed E-state index contributed by atoms with van der Waals surface area (Å²) in [5, 5.41) is 0. The maximum Gasteiger partial charge on any atom is 0.126 e. The molecule has 0 bridgehead atoms. The van der Waals surface area contributed by atoms with Gasteiger partial charge in [-0.25, -0.2) is 0 Å². The smallest absolute Gasteiger partial charge is 0.126 e. The molecule has 0 saturated carbocycles. The highest BCUT2D eigenvalue weighted by atomic mass is 16.5. The molecular formula is C12H17NO. The van der Waals surface area contributed by atoms with E-state index in [2.05, 4.69) is 11.5 Å². The van der Waals surface area contributed by atoms with Gasteiger partial charge in [-0.15, -0.1) is 0 Å². The monoisotopic (exact) mass is 191 g/mol. The van der Waals surface area contributed by atoms with Gasteiger partial charge in [-0.2, -0.15) is 0 Å². The molecule has 0 unspecified atom stereocenters. The highest BCUT2D eigenvalue weighted by molar-refractivity contribution is 5.69. The summed E-state index contributed by atoms with van der Waals surface area (Å²) >= 11 is 0. The molecule has 0 saturated heterocycles. The van der Waals surface area contributed by atoms with Crippen molar-refractivity contribution >= 4 is 5.57 Å². The van der Waals surface area contributed by atoms with Crippen molar-refractivity contribution in [3.8, 4) is 5.75 Å². The lowest BCUT2D eigenvalue weighted by molar-refractivity contribution is 0.412. The summed E-state index contributed by atoms with van der Waals surface area (Å²) < 4.78 is 5.27. The molecule has 0 spiro atoms. The van der Waals surface area contributed by atoms with Gasteiger partial charge >= 0.3 is 0 Å². The Hall–Kier alpha value is -1.28. The molecular weight excluding hydrogens is 174 g/mol. The third-order valence-electron chi connectivity index (χ3n) is 1.99. The van der Waals surface area contributed by atoms with E-state index in [1.807, 2.05) is 38.4 Å². The molecule has 0 N–H and O–H groups in total. The predicted octanol–water partition coefficient (Wildman–Crippen LogP) is 2.27. The molecule has 0 aliphatic rings. The maximum atomic E-state index is 5.27. The predicted molar refractivity (Wildman–Crippen MR) is 60.6 cm³/mol. The van der Waals surface area contributed by atoms with Crippen molar-refractivity contribution in [2.75, 3.05) is 27.7 Å². The first-order chi connectivity index (χ1) is 6.65. The van der Waals surface area contributed by atoms with Gasteiger partial charge in [0.05, 0.1) is 7.11 Å². The molecule has 0 aliphatic heterocycles. The molecule has 0 fully saturated rings. The summed E-state index contributed by atoms with van der Waals surface area (Å²) in [5.74, 6) is 0.888. The minimum absolute atomic E-state index is 0.848. The fraction of sp³-hybridized carbons (Fsp3) is 0.333. The largest absolute Gasteiger partial charge is 0.496 e. The van der Waals surface area contributed by atoms with Crippen LogP contribution in [0.25, 0.3) is 5.57 Å². The van der Waals surface area contributed by atoms with Crippen LogP contribution < -0.4 is 4.74 Å². The Morgan fingerprint density at radius 3 is 2.57 bits per heavy atom. The Labute approximate surface area is 85.8 Å². The third-order valence-corrected chi connectivity index (χ3v) is 1.99. The van der Waals surface area contributed by atoms with Crippen LogP contribution in [0.1, 0.15) is 5.56 Å². The molecule has 1 aromatic rings. The average Bonchev–Trinajstić information content (AvgIpc) is 2.16. The summed E-state index contributed by atoms with van der Waals surface area (Å²) in [7, 11) is 5.74. The third kappa shape index (κ3) is 2.60. The second-order valence-corrected chi connectivity index (χ2v) is 3.54. The SMILES string of the molecule is C=C(CN(C)C)c1ccccc1OC. The standard InChI is InChI=1S/C12H17NO/c1-10(9-13(2)3)11-7-5-6-8-12(11)14-4/h5-8H,1,9H2,2-4H3. The Bertz CT molecular complexity index is 318. The molecule has 1 rings (SSSR count). The minimum atomic E-state index is 0.848. The number of hydrogen-bond acceptors (Lipinski definition) is 2. The van der Waals surface area contributed by atoms with Gasteiger partial charge in [0, 0.05) is 12.1 Å². The van der Waals surface area contributed by atoms with E-state index in [0.29, 0.717) is 0 Å². The first-order valence-electron chi connectivity index (χ1n) is 4.61. The first kappa shape index (κ1) is 10.8. The quantitative estimate of drug-likeness (QED) is 0.724. The zero-order valence-corrected chi connectivity index (χ0v) is 9.08. The highest BCUT2D eigenvalue weighted by Crippen LogP contribution is 2.24. The number of likely N-dealkylation sites (N-methyl/N-ethyl adjacent to an activating group) is 1. The van der Waals surface area contributed by atoms with Crippen LogP contribution in [0, 0.1) is 0 Å². The van der Waals surface area contributed by atoms with Crippen LogP contribution in [0.15, 0.2) is 30.8 Å². The van der Waals surface area contributed by atoms with Crippen LogP contribution in [0.4, 0.5) is 0 Å². The fourth-order valence-corrected chi connectivity index (χ4v) is 1.40. The molecule has 76 valence electrons. The topological polar surface area (TPSA) is 12.5 Å². The molecule has 2 heteroatoms. The molecule has 0 atom stereocenters. The summed E-state index contributed by atoms with van der Waals surface area (Å²) in [6.07, 6.45) is 0. The molecule has 0 heterocycles. The van der Waals surface area contributed by atoms with Crippen molar-refractivity contribution in [2.45, 2.75) is 0 Å². The first-order valence-corrected chi connectivity index (χ1v) is 4.61. The van der Waals surface area contributed by atoms with Crippen molar-refractivity contribution in [1.29, 1.82) is 0 Å². The Balaban J connectivity index is 2.88. The van der Waals surface area contributed by atoms with Gasteiger partial charge in [-0.1, -0.05) is 24.8 Å². The van der Waals surface area contributed by atoms with Crippen molar-refractivity contribution < 1.29 is 4.74 Å². The molecule has 0 amide bonds. The maximum absolute atomic E-state index is 5.27. The molecule has 0 aromatic heterocycles. The molecule has 0 aliphatic carbocycles. The average molecular weight is 191 g/mol. The van der Waals surface area contributed by atoms with E-state index in [-0.39, 0.29) is 0 Å². The van der Waals surface area contributed by atoms with Crippen molar-refractivity contribution in [3.05, 3.63) is 36.4 Å². The summed E-state index contributed by atoms with van der Waals surface area (Å²) in [6.45, 7) is 4.90. The van der Waals surface area contributed by atoms with Gasteiger partial charge in [0.2, 0.25) is 0 Å². The van der Waals surface area contributed by atoms with Gasteiger partial charge < -0.3 is 9.64 Å². The Kier molecular flexibility index (Phi) is 3.72. The van der Waals surface area contributed by atoms with Crippen LogP contribution in [-0.4, -0.2) is 32.6 Å². The van der Waals surface area contributed by atoms with Crippen LogP contribution in [0.2, 0.25) is 0 Å². The van der Waals surface area contributed by atoms with Crippen LogP contribution in [0.5, 0.6) is 5.75 Å². The van der Waals surface area contributed by atoms with Gasteiger partial charge in [0.15, 0.2) is 0 Å². The Morgan fingerprint density at radius 1 is 1.36 bits per heavy atom. The van der Waals surface area contributed by atoms with Gasteiger partial charge in [-0.05, 0) is 25.7 Å². The van der Waals surface area contributed by atoms with E-state index >= 15 is 0 Å². The summed E-state index contributed by atoms with van der Waals surface area (Å²) in [5.41, 5.74) is 2.16. The second kappa shape index (κ2) is 4.82. The number of nitrogens with zero attached hydrogens (tertiary/aromatic N) is 1. The van der Waals surface area contributed by atoms with E-state index < -0.39 is 0 Å². The normalized spacial score (nSPS) is 10.3. The lowest BCUT2D eigenvalue weighted by Gasteiger charge is -2.14. The number of hydrogen-bond donors (Lipinski definition) is 0. The summed E-state index contributed by atoms with van der Waals surface area (Å²) in [4.78, 5) is 2.09. The van der Waals surface area contributed by atoms with E-state index in [4.69, 9.17) is 4.74 Å². The van der Waals surface area contributed by atoms with Crippen molar-refractivity contribution in [1.82, 2.24) is 4.90 Å². The molecule has 1 aromatic carbocycles. The number of ether oxygens (including phenoxy) is 1. The van der Waals surface area contributed by atoms with Crippen LogP contribution in [-0.2, 0) is 0 Å². The second-order valence-electron chi connectivity index (χ2n) is 3.54. The van der Waals surface area contributed by atoms with E-state index in [1.165, 1.54) is 0 Å². The lowest BCUT2D eigenvalue weighted by atomic mass is 10.1. The van der Waals surface area contributed by atoms with Crippen molar-refractivity contribution in [2.24, 2.45) is 0 Å². The van der Waals surface area contributed by atoms with Crippen LogP contribution >= 0.6 is 0 Å². The fourth-order valence-electron chi connectivity index (χ4n) is 1.40. The zero-order valence-electron chi connectivity index (χ0n) is 9.08. The number of para-hydroxylation sites is 1. The molecule has 2 nitrogen and oxygen atoms in total. The van der Waals surface area contributed by atoms with Gasteiger partial charge in [0.1, 0.15) is 5.75 Å².